The fourth-order valence-electron chi connectivity index (χ4n) is 3.02. The van der Waals surface area contributed by atoms with E-state index < -0.39 is 0 Å². The fraction of sp³-hybridized carbons (Fsp3) is 0.647. The highest BCUT2D eigenvalue weighted by Crippen LogP contribution is 2.20. The van der Waals surface area contributed by atoms with Gasteiger partial charge >= 0.3 is 0 Å². The molecule has 0 saturated carbocycles. The molecular weight excluding hydrogens is 248 g/mol. The molecule has 112 valence electrons. The van der Waals surface area contributed by atoms with Crippen molar-refractivity contribution in [3.63, 3.8) is 0 Å². The SMILES string of the molecule is CNC(CCN1CCCOCC1)c1cc(C)cc(C)c1. The van der Waals surface area contributed by atoms with Gasteiger partial charge in [-0.2, -0.15) is 0 Å². The molecule has 1 N–H and O–H groups in total. The third-order valence-electron chi connectivity index (χ3n) is 4.04. The third-order valence-corrected chi connectivity index (χ3v) is 4.04. The summed E-state index contributed by atoms with van der Waals surface area (Å²) in [6, 6.07) is 7.29. The molecule has 1 aromatic rings. The zero-order valence-electron chi connectivity index (χ0n) is 13.1. The van der Waals surface area contributed by atoms with E-state index in [0.717, 1.165) is 39.1 Å². The van der Waals surface area contributed by atoms with Crippen molar-refractivity contribution in [3.8, 4) is 0 Å². The second kappa shape index (κ2) is 7.77. The molecule has 0 amide bonds. The monoisotopic (exact) mass is 276 g/mol. The molecule has 1 aliphatic rings. The molecular formula is C17H28N2O. The number of nitrogens with zero attached hydrogens (tertiary/aromatic N) is 1. The standard InChI is InChI=1S/C17H28N2O/c1-14-11-15(2)13-16(12-14)17(18-3)5-7-19-6-4-9-20-10-8-19/h11-13,17-18H,4-10H2,1-3H3. The summed E-state index contributed by atoms with van der Waals surface area (Å²) < 4.78 is 5.52. The maximum atomic E-state index is 5.52. The molecule has 20 heavy (non-hydrogen) atoms. The first-order valence-electron chi connectivity index (χ1n) is 7.74. The molecule has 1 unspecified atom stereocenters. The molecule has 0 aromatic heterocycles. The predicted molar refractivity (Wildman–Crippen MR) is 84.2 cm³/mol. The molecule has 0 radical (unpaired) electrons. The molecule has 1 aliphatic heterocycles. The average Bonchev–Trinajstić information content (AvgIpc) is 2.67. The summed E-state index contributed by atoms with van der Waals surface area (Å²) in [5.41, 5.74) is 4.11. The highest BCUT2D eigenvalue weighted by Gasteiger charge is 2.14. The van der Waals surface area contributed by atoms with Gasteiger partial charge in [-0.15, -0.1) is 0 Å². The summed E-state index contributed by atoms with van der Waals surface area (Å²) in [7, 11) is 2.06. The van der Waals surface area contributed by atoms with Gasteiger partial charge in [0.05, 0.1) is 6.61 Å². The van der Waals surface area contributed by atoms with E-state index in [-0.39, 0.29) is 0 Å². The Balaban J connectivity index is 1.94. The first kappa shape index (κ1) is 15.5. The zero-order chi connectivity index (χ0) is 14.4. The van der Waals surface area contributed by atoms with Crippen LogP contribution in [0.3, 0.4) is 0 Å². The van der Waals surface area contributed by atoms with E-state index in [0.29, 0.717) is 6.04 Å². The Morgan fingerprint density at radius 1 is 1.15 bits per heavy atom. The third kappa shape index (κ3) is 4.58. The molecule has 2 rings (SSSR count). The lowest BCUT2D eigenvalue weighted by Crippen LogP contribution is -2.30. The quantitative estimate of drug-likeness (QED) is 0.895. The largest absolute Gasteiger partial charge is 0.380 e. The van der Waals surface area contributed by atoms with Crippen molar-refractivity contribution in [2.45, 2.75) is 32.7 Å². The van der Waals surface area contributed by atoms with E-state index in [2.05, 4.69) is 49.3 Å². The number of hydrogen-bond acceptors (Lipinski definition) is 3. The van der Waals surface area contributed by atoms with E-state index in [1.54, 1.807) is 0 Å². The van der Waals surface area contributed by atoms with E-state index in [1.165, 1.54) is 23.2 Å². The molecule has 1 atom stereocenters. The van der Waals surface area contributed by atoms with Crippen LogP contribution in [0.5, 0.6) is 0 Å². The average molecular weight is 276 g/mol. The first-order valence-corrected chi connectivity index (χ1v) is 7.74. The number of benzene rings is 1. The summed E-state index contributed by atoms with van der Waals surface area (Å²) in [5, 5.41) is 3.47. The highest BCUT2D eigenvalue weighted by atomic mass is 16.5. The van der Waals surface area contributed by atoms with Gasteiger partial charge in [0.15, 0.2) is 0 Å². The molecule has 1 saturated heterocycles. The lowest BCUT2D eigenvalue weighted by atomic mass is 9.99. The van der Waals surface area contributed by atoms with E-state index in [4.69, 9.17) is 4.74 Å². The Hall–Kier alpha value is -0.900. The van der Waals surface area contributed by atoms with Crippen molar-refractivity contribution < 1.29 is 4.74 Å². The smallest absolute Gasteiger partial charge is 0.0593 e. The van der Waals surface area contributed by atoms with Gasteiger partial charge < -0.3 is 15.0 Å². The predicted octanol–water partition coefficient (Wildman–Crippen LogP) is 2.68. The van der Waals surface area contributed by atoms with Crippen molar-refractivity contribution in [3.05, 3.63) is 34.9 Å². The van der Waals surface area contributed by atoms with E-state index >= 15 is 0 Å². The van der Waals surface area contributed by atoms with Crippen LogP contribution >= 0.6 is 0 Å². The van der Waals surface area contributed by atoms with Gasteiger partial charge in [-0.3, -0.25) is 0 Å². The summed E-state index contributed by atoms with van der Waals surface area (Å²) in [5.74, 6) is 0. The van der Waals surface area contributed by atoms with Gasteiger partial charge in [-0.1, -0.05) is 29.3 Å². The Labute approximate surface area is 123 Å². The van der Waals surface area contributed by atoms with Gasteiger partial charge in [0.2, 0.25) is 0 Å². The zero-order valence-corrected chi connectivity index (χ0v) is 13.1. The molecule has 3 nitrogen and oxygen atoms in total. The van der Waals surface area contributed by atoms with Gasteiger partial charge in [0.25, 0.3) is 0 Å². The van der Waals surface area contributed by atoms with E-state index in [9.17, 15) is 0 Å². The number of aryl methyl sites for hydroxylation is 2. The normalized spacial score (nSPS) is 18.8. The second-order valence-corrected chi connectivity index (χ2v) is 5.86. The summed E-state index contributed by atoms with van der Waals surface area (Å²) in [6.45, 7) is 9.54. The lowest BCUT2D eigenvalue weighted by Gasteiger charge is -2.24. The Bertz CT molecular complexity index is 391. The Kier molecular flexibility index (Phi) is 6.02. The summed E-state index contributed by atoms with van der Waals surface area (Å²) >= 11 is 0. The van der Waals surface area contributed by atoms with Crippen LogP contribution < -0.4 is 5.32 Å². The van der Waals surface area contributed by atoms with E-state index in [1.807, 2.05) is 0 Å². The van der Waals surface area contributed by atoms with Crippen LogP contribution in [-0.2, 0) is 4.74 Å². The number of hydrogen-bond donors (Lipinski definition) is 1. The Morgan fingerprint density at radius 3 is 2.60 bits per heavy atom. The second-order valence-electron chi connectivity index (χ2n) is 5.86. The van der Waals surface area contributed by atoms with Gasteiger partial charge in [-0.25, -0.2) is 0 Å². The molecule has 0 aliphatic carbocycles. The number of ether oxygens (including phenoxy) is 1. The van der Waals surface area contributed by atoms with Crippen molar-refractivity contribution >= 4 is 0 Å². The minimum Gasteiger partial charge on any atom is -0.380 e. The van der Waals surface area contributed by atoms with Crippen LogP contribution in [0.2, 0.25) is 0 Å². The van der Waals surface area contributed by atoms with Crippen LogP contribution in [0.1, 0.15) is 35.6 Å². The van der Waals surface area contributed by atoms with Gasteiger partial charge in [0, 0.05) is 32.3 Å². The number of nitrogens with one attached hydrogen (secondary N) is 1. The fourth-order valence-corrected chi connectivity index (χ4v) is 3.02. The van der Waals surface area contributed by atoms with Crippen LogP contribution in [0.4, 0.5) is 0 Å². The van der Waals surface area contributed by atoms with Crippen LogP contribution in [0, 0.1) is 13.8 Å². The number of rotatable bonds is 5. The molecule has 1 aromatic carbocycles. The van der Waals surface area contributed by atoms with Crippen molar-refractivity contribution in [1.82, 2.24) is 10.2 Å². The van der Waals surface area contributed by atoms with Crippen LogP contribution in [0.15, 0.2) is 18.2 Å². The molecule has 0 bridgehead atoms. The maximum absolute atomic E-state index is 5.52. The van der Waals surface area contributed by atoms with Crippen molar-refractivity contribution in [2.24, 2.45) is 0 Å². The van der Waals surface area contributed by atoms with Crippen LogP contribution in [-0.4, -0.2) is 44.8 Å². The highest BCUT2D eigenvalue weighted by molar-refractivity contribution is 5.30. The van der Waals surface area contributed by atoms with Gasteiger partial charge in [-0.05, 0) is 39.3 Å². The lowest BCUT2D eigenvalue weighted by molar-refractivity contribution is 0.140. The molecule has 1 fully saturated rings. The van der Waals surface area contributed by atoms with Crippen molar-refractivity contribution in [1.29, 1.82) is 0 Å². The first-order chi connectivity index (χ1) is 9.69. The maximum Gasteiger partial charge on any atom is 0.0593 e. The van der Waals surface area contributed by atoms with Crippen molar-refractivity contribution in [2.75, 3.05) is 39.9 Å². The summed E-state index contributed by atoms with van der Waals surface area (Å²) in [4.78, 5) is 2.53. The minimum atomic E-state index is 0.442. The molecule has 0 spiro atoms. The minimum absolute atomic E-state index is 0.442. The molecule has 1 heterocycles. The van der Waals surface area contributed by atoms with Crippen LogP contribution in [0.25, 0.3) is 0 Å². The Morgan fingerprint density at radius 2 is 1.90 bits per heavy atom. The van der Waals surface area contributed by atoms with Gasteiger partial charge in [0.1, 0.15) is 0 Å². The topological polar surface area (TPSA) is 24.5 Å². The summed E-state index contributed by atoms with van der Waals surface area (Å²) in [6.07, 6.45) is 2.31. The molecule has 3 heteroatoms.